The molecule has 5 heteroatoms. The smallest absolute Gasteiger partial charge is 0.253 e. The highest BCUT2D eigenvalue weighted by Gasteiger charge is 2.23. The van der Waals surface area contributed by atoms with Crippen molar-refractivity contribution in [3.05, 3.63) is 29.8 Å². The predicted molar refractivity (Wildman–Crippen MR) is 98.5 cm³/mol. The van der Waals surface area contributed by atoms with Crippen LogP contribution in [0.3, 0.4) is 0 Å². The summed E-state index contributed by atoms with van der Waals surface area (Å²) in [5.41, 5.74) is 7.98. The first-order valence-electron chi connectivity index (χ1n) is 9.18. The fraction of sp³-hybridized carbons (Fsp3) is 0.632. The number of carbonyl (C=O) groups is 1. The third-order valence-corrected chi connectivity index (χ3v) is 5.27. The van der Waals surface area contributed by atoms with Gasteiger partial charge >= 0.3 is 0 Å². The van der Waals surface area contributed by atoms with Gasteiger partial charge in [0.15, 0.2) is 0 Å². The van der Waals surface area contributed by atoms with E-state index in [2.05, 4.69) is 35.8 Å². The number of anilines is 1. The lowest BCUT2D eigenvalue weighted by atomic mass is 10.1. The van der Waals surface area contributed by atoms with Gasteiger partial charge in [0.05, 0.1) is 0 Å². The van der Waals surface area contributed by atoms with E-state index in [0.717, 1.165) is 51.1 Å². The Kier molecular flexibility index (Phi) is 5.41. The number of nitrogens with two attached hydrogens (primary N) is 1. The molecule has 2 aliphatic rings. The second-order valence-corrected chi connectivity index (χ2v) is 7.32. The Labute approximate surface area is 145 Å². The molecule has 2 N–H and O–H groups in total. The summed E-state index contributed by atoms with van der Waals surface area (Å²) in [6.07, 6.45) is 2.02. The maximum Gasteiger partial charge on any atom is 0.253 e. The molecular weight excluding hydrogens is 300 g/mol. The van der Waals surface area contributed by atoms with Gasteiger partial charge in [-0.05, 0) is 51.0 Å². The van der Waals surface area contributed by atoms with Gasteiger partial charge in [0.2, 0.25) is 0 Å². The molecule has 24 heavy (non-hydrogen) atoms. The van der Waals surface area contributed by atoms with Crippen LogP contribution in [0.5, 0.6) is 0 Å². The van der Waals surface area contributed by atoms with Crippen LogP contribution in [0.1, 0.15) is 37.0 Å². The van der Waals surface area contributed by atoms with Crippen LogP contribution < -0.4 is 10.6 Å². The van der Waals surface area contributed by atoms with Gasteiger partial charge in [-0.25, -0.2) is 0 Å². The Bertz CT molecular complexity index is 549. The summed E-state index contributed by atoms with van der Waals surface area (Å²) < 4.78 is 0. The Hall–Kier alpha value is -1.59. The first kappa shape index (κ1) is 17.2. The Morgan fingerprint density at radius 1 is 1.08 bits per heavy atom. The highest BCUT2D eigenvalue weighted by atomic mass is 16.2. The minimum atomic E-state index is 0.112. The van der Waals surface area contributed by atoms with Crippen LogP contribution in [0, 0.1) is 0 Å². The van der Waals surface area contributed by atoms with Crippen molar-refractivity contribution < 1.29 is 4.79 Å². The highest BCUT2D eigenvalue weighted by Crippen LogP contribution is 2.20. The molecule has 1 aromatic rings. The number of benzene rings is 1. The SMILES string of the molecule is CC(C)N1CCN(c2ccc(C(=O)N3CCCC(N)C3)cc2)CC1. The van der Waals surface area contributed by atoms with Gasteiger partial charge in [-0.1, -0.05) is 0 Å². The third kappa shape index (κ3) is 3.90. The van der Waals surface area contributed by atoms with Crippen LogP contribution in [0.15, 0.2) is 24.3 Å². The molecule has 1 aromatic carbocycles. The Morgan fingerprint density at radius 2 is 1.75 bits per heavy atom. The lowest BCUT2D eigenvalue weighted by Gasteiger charge is -2.38. The summed E-state index contributed by atoms with van der Waals surface area (Å²) >= 11 is 0. The predicted octanol–water partition coefficient (Wildman–Crippen LogP) is 1.78. The molecule has 0 aromatic heterocycles. The molecule has 132 valence electrons. The molecule has 2 aliphatic heterocycles. The van der Waals surface area contributed by atoms with E-state index in [1.54, 1.807) is 0 Å². The summed E-state index contributed by atoms with van der Waals surface area (Å²) in [4.78, 5) is 19.4. The second kappa shape index (κ2) is 7.53. The molecule has 2 fully saturated rings. The number of hydrogen-bond acceptors (Lipinski definition) is 4. The van der Waals surface area contributed by atoms with Gasteiger partial charge in [-0.3, -0.25) is 9.69 Å². The van der Waals surface area contributed by atoms with Gasteiger partial charge in [0, 0.05) is 62.6 Å². The number of hydrogen-bond donors (Lipinski definition) is 1. The van der Waals surface area contributed by atoms with E-state index >= 15 is 0 Å². The molecule has 0 aliphatic carbocycles. The molecule has 2 heterocycles. The van der Waals surface area contributed by atoms with Crippen LogP contribution in [-0.2, 0) is 0 Å². The van der Waals surface area contributed by atoms with Crippen molar-refractivity contribution >= 4 is 11.6 Å². The van der Waals surface area contributed by atoms with Gasteiger partial charge in [0.25, 0.3) is 5.91 Å². The molecule has 1 unspecified atom stereocenters. The first-order valence-corrected chi connectivity index (χ1v) is 9.18. The van der Waals surface area contributed by atoms with Crippen molar-refractivity contribution in [3.8, 4) is 0 Å². The third-order valence-electron chi connectivity index (χ3n) is 5.27. The quantitative estimate of drug-likeness (QED) is 0.918. The minimum Gasteiger partial charge on any atom is -0.369 e. The van der Waals surface area contributed by atoms with E-state index < -0.39 is 0 Å². The van der Waals surface area contributed by atoms with Crippen molar-refractivity contribution in [2.45, 2.75) is 38.8 Å². The maximum atomic E-state index is 12.6. The summed E-state index contributed by atoms with van der Waals surface area (Å²) in [6.45, 7) is 10.3. The molecule has 0 radical (unpaired) electrons. The number of rotatable bonds is 3. The van der Waals surface area contributed by atoms with Crippen molar-refractivity contribution in [1.82, 2.24) is 9.80 Å². The summed E-state index contributed by atoms with van der Waals surface area (Å²) in [7, 11) is 0. The van der Waals surface area contributed by atoms with E-state index in [1.165, 1.54) is 5.69 Å². The first-order chi connectivity index (χ1) is 11.5. The van der Waals surface area contributed by atoms with E-state index in [0.29, 0.717) is 12.6 Å². The summed E-state index contributed by atoms with van der Waals surface area (Å²) in [5, 5.41) is 0. The summed E-state index contributed by atoms with van der Waals surface area (Å²) in [6, 6.07) is 8.84. The zero-order valence-electron chi connectivity index (χ0n) is 14.9. The monoisotopic (exact) mass is 330 g/mol. The topological polar surface area (TPSA) is 52.8 Å². The van der Waals surface area contributed by atoms with Crippen LogP contribution >= 0.6 is 0 Å². The Morgan fingerprint density at radius 3 is 2.33 bits per heavy atom. The van der Waals surface area contributed by atoms with E-state index in [4.69, 9.17) is 5.73 Å². The van der Waals surface area contributed by atoms with Crippen LogP contribution in [0.2, 0.25) is 0 Å². The number of piperazine rings is 1. The zero-order chi connectivity index (χ0) is 17.1. The van der Waals surface area contributed by atoms with Gasteiger partial charge < -0.3 is 15.5 Å². The molecule has 2 saturated heterocycles. The maximum absolute atomic E-state index is 12.6. The molecule has 0 bridgehead atoms. The molecule has 1 atom stereocenters. The number of piperidine rings is 1. The minimum absolute atomic E-state index is 0.112. The highest BCUT2D eigenvalue weighted by molar-refractivity contribution is 5.94. The van der Waals surface area contributed by atoms with E-state index in [-0.39, 0.29) is 11.9 Å². The molecule has 0 saturated carbocycles. The summed E-state index contributed by atoms with van der Waals surface area (Å²) in [5.74, 6) is 0.112. The van der Waals surface area contributed by atoms with Crippen molar-refractivity contribution in [3.63, 3.8) is 0 Å². The fourth-order valence-corrected chi connectivity index (χ4v) is 3.69. The lowest BCUT2D eigenvalue weighted by Crippen LogP contribution is -2.48. The van der Waals surface area contributed by atoms with Gasteiger partial charge in [-0.2, -0.15) is 0 Å². The van der Waals surface area contributed by atoms with Crippen molar-refractivity contribution in [2.24, 2.45) is 5.73 Å². The lowest BCUT2D eigenvalue weighted by molar-refractivity contribution is 0.0709. The van der Waals surface area contributed by atoms with Crippen molar-refractivity contribution in [1.29, 1.82) is 0 Å². The van der Waals surface area contributed by atoms with Crippen LogP contribution in [-0.4, -0.2) is 67.1 Å². The number of amides is 1. The van der Waals surface area contributed by atoms with E-state index in [9.17, 15) is 4.79 Å². The van der Waals surface area contributed by atoms with Crippen LogP contribution in [0.4, 0.5) is 5.69 Å². The fourth-order valence-electron chi connectivity index (χ4n) is 3.69. The normalized spacial score (nSPS) is 22.9. The molecular formula is C19H30N4O. The van der Waals surface area contributed by atoms with Gasteiger partial charge in [-0.15, -0.1) is 0 Å². The average molecular weight is 330 g/mol. The zero-order valence-corrected chi connectivity index (χ0v) is 14.9. The Balaban J connectivity index is 1.60. The standard InChI is InChI=1S/C19H30N4O/c1-15(2)21-10-12-22(13-11-21)18-7-5-16(6-8-18)19(24)23-9-3-4-17(20)14-23/h5-8,15,17H,3-4,9-14,20H2,1-2H3. The number of nitrogens with zero attached hydrogens (tertiary/aromatic N) is 3. The average Bonchev–Trinajstić information content (AvgIpc) is 2.61. The number of likely N-dealkylation sites (tertiary alicyclic amines) is 1. The number of carbonyl (C=O) groups excluding carboxylic acids is 1. The second-order valence-electron chi connectivity index (χ2n) is 7.32. The van der Waals surface area contributed by atoms with Crippen LogP contribution in [0.25, 0.3) is 0 Å². The molecule has 5 nitrogen and oxygen atoms in total. The van der Waals surface area contributed by atoms with Gasteiger partial charge in [0.1, 0.15) is 0 Å². The van der Waals surface area contributed by atoms with Crippen molar-refractivity contribution in [2.75, 3.05) is 44.2 Å². The molecule has 0 spiro atoms. The van der Waals surface area contributed by atoms with E-state index in [1.807, 2.05) is 17.0 Å². The molecule has 1 amide bonds. The molecule has 3 rings (SSSR count). The largest absolute Gasteiger partial charge is 0.369 e.